The molecule has 3 saturated heterocycles. The van der Waals surface area contributed by atoms with E-state index in [0.29, 0.717) is 34.5 Å². The van der Waals surface area contributed by atoms with Gasteiger partial charge in [-0.3, -0.25) is 10.00 Å². The van der Waals surface area contributed by atoms with Gasteiger partial charge in [-0.2, -0.15) is 5.10 Å². The van der Waals surface area contributed by atoms with E-state index >= 15 is 0 Å². The summed E-state index contributed by atoms with van der Waals surface area (Å²) in [5, 5.41) is 24.9. The minimum Gasteiger partial charge on any atom is -0.355 e. The zero-order valence-electron chi connectivity index (χ0n) is 18.9. The van der Waals surface area contributed by atoms with Crippen molar-refractivity contribution in [3.05, 3.63) is 30.0 Å². The number of hydrogen-bond donors (Lipinski definition) is 1. The lowest BCUT2D eigenvalue weighted by molar-refractivity contribution is 0.168. The van der Waals surface area contributed by atoms with Gasteiger partial charge in [0.25, 0.3) is 0 Å². The average Bonchev–Trinajstić information content (AvgIpc) is 3.34. The Labute approximate surface area is 195 Å². The summed E-state index contributed by atoms with van der Waals surface area (Å²) in [6, 6.07) is 5.26. The number of aromatic amines is 1. The molecule has 10 heteroatoms. The molecule has 0 spiro atoms. The highest BCUT2D eigenvalue weighted by Crippen LogP contribution is 2.63. The number of H-pyrrole nitrogens is 1. The molecule has 2 unspecified atom stereocenters. The van der Waals surface area contributed by atoms with E-state index in [0.717, 1.165) is 27.3 Å². The Morgan fingerprint density at radius 2 is 2.00 bits per heavy atom. The van der Waals surface area contributed by atoms with Crippen molar-refractivity contribution in [2.24, 2.45) is 0 Å². The molecule has 0 saturated carbocycles. The molecule has 1 N–H and O–H groups in total. The minimum absolute atomic E-state index is 0.327. The van der Waals surface area contributed by atoms with E-state index in [4.69, 9.17) is 0 Å². The maximum Gasteiger partial charge on any atom is 0.151 e. The number of aromatic nitrogens is 7. The second kappa shape index (κ2) is 6.54. The third-order valence-corrected chi connectivity index (χ3v) is 9.10. The van der Waals surface area contributed by atoms with Crippen LogP contribution in [0.4, 0.5) is 5.82 Å². The van der Waals surface area contributed by atoms with E-state index in [1.54, 1.807) is 12.4 Å². The maximum absolute atomic E-state index is 4.60. The molecule has 0 bridgehead atoms. The van der Waals surface area contributed by atoms with Crippen LogP contribution >= 0.6 is 11.3 Å². The summed E-state index contributed by atoms with van der Waals surface area (Å²) in [5.74, 6) is 0.908. The predicted molar refractivity (Wildman–Crippen MR) is 127 cm³/mol. The lowest BCUT2D eigenvalue weighted by Gasteiger charge is -2.42. The van der Waals surface area contributed by atoms with Gasteiger partial charge in [0.2, 0.25) is 0 Å². The van der Waals surface area contributed by atoms with Crippen LogP contribution in [0.15, 0.2) is 30.0 Å². The fourth-order valence-electron chi connectivity index (χ4n) is 6.47. The molecule has 4 aromatic rings. The van der Waals surface area contributed by atoms with E-state index < -0.39 is 0 Å². The van der Waals surface area contributed by atoms with E-state index in [-0.39, 0.29) is 0 Å². The van der Waals surface area contributed by atoms with Gasteiger partial charge in [0.15, 0.2) is 5.82 Å². The molecular formula is C23H25N9S. The molecule has 168 valence electrons. The first kappa shape index (κ1) is 19.5. The van der Waals surface area contributed by atoms with Crippen LogP contribution in [0.1, 0.15) is 39.5 Å². The van der Waals surface area contributed by atoms with Crippen LogP contribution in [0.2, 0.25) is 0 Å². The van der Waals surface area contributed by atoms with Crippen LogP contribution in [0.5, 0.6) is 0 Å². The largest absolute Gasteiger partial charge is 0.355 e. The van der Waals surface area contributed by atoms with Crippen LogP contribution in [0.3, 0.4) is 0 Å². The molecule has 3 aliphatic rings. The van der Waals surface area contributed by atoms with Gasteiger partial charge < -0.3 is 4.90 Å². The SMILES string of the molecule is CN(c1ccc(-c2nnc(-c3cn[nH]c3)c3ncsc23)nn1)[C@@H]1CC2N3[C@@](C)(CC[C@]23C)C1. The fourth-order valence-corrected chi connectivity index (χ4v) is 7.26. The van der Waals surface area contributed by atoms with Gasteiger partial charge in [-0.25, -0.2) is 4.98 Å². The molecule has 33 heavy (non-hydrogen) atoms. The third kappa shape index (κ3) is 2.67. The van der Waals surface area contributed by atoms with E-state index in [1.807, 2.05) is 11.6 Å². The Morgan fingerprint density at radius 3 is 2.76 bits per heavy atom. The van der Waals surface area contributed by atoms with Crippen LogP contribution in [0.25, 0.3) is 32.9 Å². The monoisotopic (exact) mass is 459 g/mol. The molecule has 4 aromatic heterocycles. The number of nitrogens with one attached hydrogen (secondary N) is 1. The summed E-state index contributed by atoms with van der Waals surface area (Å²) in [6.45, 7) is 4.89. The molecule has 0 radical (unpaired) electrons. The van der Waals surface area contributed by atoms with Gasteiger partial charge in [-0.15, -0.1) is 31.7 Å². The summed E-state index contributed by atoms with van der Waals surface area (Å²) >= 11 is 1.54. The summed E-state index contributed by atoms with van der Waals surface area (Å²) in [6.07, 6.45) is 8.55. The smallest absolute Gasteiger partial charge is 0.151 e. The van der Waals surface area contributed by atoms with E-state index in [1.165, 1.54) is 37.0 Å². The number of rotatable bonds is 4. The van der Waals surface area contributed by atoms with Crippen molar-refractivity contribution >= 4 is 27.4 Å². The number of thiazole rings is 1. The van der Waals surface area contributed by atoms with Crippen LogP contribution in [0, 0.1) is 0 Å². The van der Waals surface area contributed by atoms with Crippen molar-refractivity contribution in [3.63, 3.8) is 0 Å². The molecule has 3 fully saturated rings. The second-order valence-electron chi connectivity index (χ2n) is 10.1. The number of anilines is 1. The Balaban J connectivity index is 1.17. The lowest BCUT2D eigenvalue weighted by Crippen LogP contribution is -2.48. The Bertz CT molecular complexity index is 1350. The highest BCUT2D eigenvalue weighted by atomic mass is 32.1. The van der Waals surface area contributed by atoms with Crippen LogP contribution in [-0.4, -0.2) is 70.7 Å². The van der Waals surface area contributed by atoms with Gasteiger partial charge in [0.1, 0.15) is 22.6 Å². The predicted octanol–water partition coefficient (Wildman–Crippen LogP) is 3.53. The molecule has 0 aromatic carbocycles. The minimum atomic E-state index is 0.327. The van der Waals surface area contributed by atoms with Gasteiger partial charge in [0, 0.05) is 42.0 Å². The molecule has 9 nitrogen and oxygen atoms in total. The summed E-state index contributed by atoms with van der Waals surface area (Å²) < 4.78 is 0.954. The zero-order valence-corrected chi connectivity index (χ0v) is 19.7. The molecular weight excluding hydrogens is 434 g/mol. The van der Waals surface area contributed by atoms with E-state index in [9.17, 15) is 0 Å². The molecule has 5 atom stereocenters. The summed E-state index contributed by atoms with van der Waals surface area (Å²) in [4.78, 5) is 9.62. The Kier molecular flexibility index (Phi) is 3.86. The fraction of sp³-hybridized carbons (Fsp3) is 0.478. The highest BCUT2D eigenvalue weighted by molar-refractivity contribution is 7.17. The number of piperidine rings is 2. The van der Waals surface area contributed by atoms with Crippen molar-refractivity contribution in [1.29, 1.82) is 0 Å². The lowest BCUT2D eigenvalue weighted by atomic mass is 9.80. The van der Waals surface area contributed by atoms with Crippen LogP contribution < -0.4 is 4.90 Å². The van der Waals surface area contributed by atoms with E-state index in [2.05, 4.69) is 72.3 Å². The Hall–Kier alpha value is -2.98. The first-order chi connectivity index (χ1) is 16.0. The quantitative estimate of drug-likeness (QED) is 0.463. The van der Waals surface area contributed by atoms with Crippen molar-refractivity contribution < 1.29 is 0 Å². The summed E-state index contributed by atoms with van der Waals surface area (Å²) in [7, 11) is 2.16. The highest BCUT2D eigenvalue weighted by Gasteiger charge is 2.72. The van der Waals surface area contributed by atoms with Gasteiger partial charge in [-0.1, -0.05) is 0 Å². The molecule has 7 rings (SSSR count). The number of hydrogen-bond acceptors (Lipinski definition) is 9. The van der Waals surface area contributed by atoms with Crippen LogP contribution in [-0.2, 0) is 0 Å². The van der Waals surface area contributed by atoms with Crippen molar-refractivity contribution in [2.75, 3.05) is 11.9 Å². The number of fused-ring (bicyclic) bond motifs is 2. The number of nitrogens with zero attached hydrogens (tertiary/aromatic N) is 8. The average molecular weight is 460 g/mol. The first-order valence-corrected chi connectivity index (χ1v) is 12.3. The Morgan fingerprint density at radius 1 is 1.12 bits per heavy atom. The molecule has 3 aliphatic heterocycles. The normalized spacial score (nSPS) is 32.2. The van der Waals surface area contributed by atoms with Gasteiger partial charge in [-0.05, 0) is 51.7 Å². The van der Waals surface area contributed by atoms with Crippen molar-refractivity contribution in [2.45, 2.75) is 62.7 Å². The third-order valence-electron chi connectivity index (χ3n) is 8.26. The standard InChI is InChI=1S/C23H25N9S/c1-22-6-7-23(2)16(32(22)23)8-14(9-22)31(3)17-5-4-15(27-28-17)19-21-20(24-12-33-21)18(29-30-19)13-10-25-26-11-13/h4-5,10-12,14,16H,6-9H2,1-3H3,(H,25,26)/t14-,16?,22+,23-,32?/m1/s1. The van der Waals surface area contributed by atoms with Crippen molar-refractivity contribution in [3.8, 4) is 22.6 Å². The van der Waals surface area contributed by atoms with Gasteiger partial charge in [0.05, 0.1) is 16.4 Å². The molecule has 7 heterocycles. The van der Waals surface area contributed by atoms with Gasteiger partial charge >= 0.3 is 0 Å². The maximum atomic E-state index is 4.60. The topological polar surface area (TPSA) is 99.4 Å². The second-order valence-corrected chi connectivity index (χ2v) is 11.0. The zero-order chi connectivity index (χ0) is 22.4. The van der Waals surface area contributed by atoms with Crippen molar-refractivity contribution in [1.82, 2.24) is 40.5 Å². The molecule has 0 aliphatic carbocycles. The molecule has 0 amide bonds. The first-order valence-electron chi connectivity index (χ1n) is 11.4. The summed E-state index contributed by atoms with van der Waals surface area (Å²) in [5.41, 5.74) is 6.39.